The molecule has 1 amide bonds. The molecule has 0 unspecified atom stereocenters. The van der Waals surface area contributed by atoms with Crippen LogP contribution >= 0.6 is 0 Å². The molecule has 0 aliphatic carbocycles. The Morgan fingerprint density at radius 1 is 0.897 bits per heavy atom. The number of hydrogen-bond donors (Lipinski definition) is 1. The van der Waals surface area contributed by atoms with Crippen molar-refractivity contribution in [2.75, 3.05) is 11.9 Å². The van der Waals surface area contributed by atoms with E-state index >= 15 is 0 Å². The standard InChI is InChI=1S/C23H24N2O3S/c1-18-13-14-19(2)22(15-18)24-23(26)17-25(16-20-9-5-3-6-10-20)29(27,28)21-11-7-4-8-12-21/h3-15H,16-17H2,1-2H3,(H,24,26). The summed E-state index contributed by atoms with van der Waals surface area (Å²) in [5, 5.41) is 2.85. The lowest BCUT2D eigenvalue weighted by Crippen LogP contribution is -2.37. The molecule has 0 aliphatic rings. The molecule has 0 atom stereocenters. The van der Waals surface area contributed by atoms with Gasteiger partial charge in [0.25, 0.3) is 0 Å². The van der Waals surface area contributed by atoms with Crippen LogP contribution in [0.5, 0.6) is 0 Å². The van der Waals surface area contributed by atoms with Gasteiger partial charge in [0.05, 0.1) is 11.4 Å². The lowest BCUT2D eigenvalue weighted by Gasteiger charge is -2.22. The number of benzene rings is 3. The maximum Gasteiger partial charge on any atom is 0.243 e. The van der Waals surface area contributed by atoms with Gasteiger partial charge in [-0.1, -0.05) is 60.7 Å². The van der Waals surface area contributed by atoms with E-state index in [2.05, 4.69) is 5.32 Å². The fraction of sp³-hybridized carbons (Fsp3) is 0.174. The summed E-state index contributed by atoms with van der Waals surface area (Å²) in [6.07, 6.45) is 0. The van der Waals surface area contributed by atoms with Crippen molar-refractivity contribution in [2.24, 2.45) is 0 Å². The Morgan fingerprint density at radius 2 is 1.52 bits per heavy atom. The van der Waals surface area contributed by atoms with E-state index in [9.17, 15) is 13.2 Å². The van der Waals surface area contributed by atoms with Crippen molar-refractivity contribution in [3.05, 3.63) is 95.6 Å². The van der Waals surface area contributed by atoms with Gasteiger partial charge in [-0.25, -0.2) is 8.42 Å². The van der Waals surface area contributed by atoms with Crippen molar-refractivity contribution >= 4 is 21.6 Å². The highest BCUT2D eigenvalue weighted by Gasteiger charge is 2.27. The first-order valence-electron chi connectivity index (χ1n) is 9.32. The third kappa shape index (κ3) is 5.31. The van der Waals surface area contributed by atoms with E-state index in [-0.39, 0.29) is 23.9 Å². The van der Waals surface area contributed by atoms with Crippen LogP contribution in [-0.4, -0.2) is 25.2 Å². The molecule has 29 heavy (non-hydrogen) atoms. The van der Waals surface area contributed by atoms with E-state index in [0.29, 0.717) is 5.69 Å². The molecule has 5 nitrogen and oxygen atoms in total. The molecular formula is C23H24N2O3S. The van der Waals surface area contributed by atoms with Crippen LogP contribution in [0.4, 0.5) is 5.69 Å². The Balaban J connectivity index is 1.87. The van der Waals surface area contributed by atoms with Gasteiger partial charge in [0.1, 0.15) is 0 Å². The van der Waals surface area contributed by atoms with Crippen LogP contribution in [0.15, 0.2) is 83.8 Å². The molecule has 0 radical (unpaired) electrons. The Morgan fingerprint density at radius 3 is 2.17 bits per heavy atom. The number of aryl methyl sites for hydroxylation is 2. The predicted octanol–water partition coefficient (Wildman–Crippen LogP) is 4.13. The quantitative estimate of drug-likeness (QED) is 0.639. The number of carbonyl (C=O) groups is 1. The molecule has 150 valence electrons. The maximum absolute atomic E-state index is 13.2. The summed E-state index contributed by atoms with van der Waals surface area (Å²) < 4.78 is 27.6. The Hall–Kier alpha value is -2.96. The van der Waals surface area contributed by atoms with Crippen LogP contribution < -0.4 is 5.32 Å². The molecule has 0 aliphatic heterocycles. The van der Waals surface area contributed by atoms with Crippen LogP contribution in [0.1, 0.15) is 16.7 Å². The van der Waals surface area contributed by atoms with Gasteiger partial charge in [0.15, 0.2) is 0 Å². The van der Waals surface area contributed by atoms with Crippen LogP contribution in [0.3, 0.4) is 0 Å². The molecule has 3 rings (SSSR count). The Kier molecular flexibility index (Phi) is 6.46. The molecular weight excluding hydrogens is 384 g/mol. The van der Waals surface area contributed by atoms with E-state index in [4.69, 9.17) is 0 Å². The van der Waals surface area contributed by atoms with Crippen LogP contribution in [0.2, 0.25) is 0 Å². The lowest BCUT2D eigenvalue weighted by atomic mass is 10.1. The van der Waals surface area contributed by atoms with Crippen molar-refractivity contribution in [3.63, 3.8) is 0 Å². The molecule has 0 fully saturated rings. The number of sulfonamides is 1. The number of nitrogens with zero attached hydrogens (tertiary/aromatic N) is 1. The van der Waals surface area contributed by atoms with Crippen LogP contribution in [-0.2, 0) is 21.4 Å². The maximum atomic E-state index is 13.2. The number of amides is 1. The normalized spacial score (nSPS) is 11.4. The van der Waals surface area contributed by atoms with Crippen molar-refractivity contribution < 1.29 is 13.2 Å². The summed E-state index contributed by atoms with van der Waals surface area (Å²) >= 11 is 0. The first-order valence-corrected chi connectivity index (χ1v) is 10.8. The van der Waals surface area contributed by atoms with E-state index in [1.54, 1.807) is 18.2 Å². The summed E-state index contributed by atoms with van der Waals surface area (Å²) in [6, 6.07) is 23.2. The monoisotopic (exact) mass is 408 g/mol. The predicted molar refractivity (Wildman–Crippen MR) is 115 cm³/mol. The smallest absolute Gasteiger partial charge is 0.243 e. The molecule has 6 heteroatoms. The number of rotatable bonds is 7. The minimum atomic E-state index is -3.83. The largest absolute Gasteiger partial charge is 0.325 e. The van der Waals surface area contributed by atoms with E-state index in [1.165, 1.54) is 16.4 Å². The van der Waals surface area contributed by atoms with Crippen molar-refractivity contribution in [1.82, 2.24) is 4.31 Å². The summed E-state index contributed by atoms with van der Waals surface area (Å²) in [5.41, 5.74) is 3.44. The van der Waals surface area contributed by atoms with Crippen LogP contribution in [0, 0.1) is 13.8 Å². The summed E-state index contributed by atoms with van der Waals surface area (Å²) in [5.74, 6) is -0.380. The highest BCUT2D eigenvalue weighted by atomic mass is 32.2. The number of carbonyl (C=O) groups excluding carboxylic acids is 1. The van der Waals surface area contributed by atoms with Crippen molar-refractivity contribution in [2.45, 2.75) is 25.3 Å². The molecule has 0 saturated carbocycles. The average molecular weight is 409 g/mol. The second kappa shape index (κ2) is 9.03. The van der Waals surface area contributed by atoms with Gasteiger partial charge in [-0.3, -0.25) is 4.79 Å². The third-order valence-electron chi connectivity index (χ3n) is 4.57. The van der Waals surface area contributed by atoms with Gasteiger partial charge >= 0.3 is 0 Å². The molecule has 0 spiro atoms. The summed E-state index contributed by atoms with van der Waals surface area (Å²) in [4.78, 5) is 12.9. The zero-order chi connectivity index (χ0) is 20.9. The Labute approximate surface area is 172 Å². The van der Waals surface area contributed by atoms with Crippen molar-refractivity contribution in [3.8, 4) is 0 Å². The molecule has 0 heterocycles. The van der Waals surface area contributed by atoms with Gasteiger partial charge in [0, 0.05) is 12.2 Å². The number of nitrogens with one attached hydrogen (secondary N) is 1. The van der Waals surface area contributed by atoms with Gasteiger partial charge in [0.2, 0.25) is 15.9 Å². The number of hydrogen-bond acceptors (Lipinski definition) is 3. The molecule has 0 aromatic heterocycles. The molecule has 0 bridgehead atoms. The summed E-state index contributed by atoms with van der Waals surface area (Å²) in [7, 11) is -3.83. The fourth-order valence-electron chi connectivity index (χ4n) is 2.97. The first-order chi connectivity index (χ1) is 13.9. The first kappa shape index (κ1) is 20.8. The Bertz CT molecular complexity index is 1080. The van der Waals surface area contributed by atoms with Gasteiger partial charge in [-0.05, 0) is 48.7 Å². The molecule has 3 aromatic carbocycles. The van der Waals surface area contributed by atoms with E-state index < -0.39 is 10.0 Å². The molecule has 0 saturated heterocycles. The molecule has 3 aromatic rings. The van der Waals surface area contributed by atoms with Gasteiger partial charge in [-0.15, -0.1) is 0 Å². The molecule has 1 N–H and O–H groups in total. The highest BCUT2D eigenvalue weighted by molar-refractivity contribution is 7.89. The van der Waals surface area contributed by atoms with Gasteiger partial charge in [-0.2, -0.15) is 4.31 Å². The van der Waals surface area contributed by atoms with E-state index in [1.807, 2.05) is 62.4 Å². The minimum Gasteiger partial charge on any atom is -0.325 e. The third-order valence-corrected chi connectivity index (χ3v) is 6.38. The minimum absolute atomic E-state index is 0.109. The zero-order valence-corrected chi connectivity index (χ0v) is 17.3. The summed E-state index contributed by atoms with van der Waals surface area (Å²) in [6.45, 7) is 3.67. The zero-order valence-electron chi connectivity index (χ0n) is 16.5. The lowest BCUT2D eigenvalue weighted by molar-refractivity contribution is -0.116. The second-order valence-electron chi connectivity index (χ2n) is 6.94. The topological polar surface area (TPSA) is 66.5 Å². The van der Waals surface area contributed by atoms with Gasteiger partial charge < -0.3 is 5.32 Å². The van der Waals surface area contributed by atoms with Crippen molar-refractivity contribution in [1.29, 1.82) is 0 Å². The average Bonchev–Trinajstić information content (AvgIpc) is 2.71. The number of anilines is 1. The van der Waals surface area contributed by atoms with E-state index in [0.717, 1.165) is 16.7 Å². The SMILES string of the molecule is Cc1ccc(C)c(NC(=O)CN(Cc2ccccc2)S(=O)(=O)c2ccccc2)c1. The van der Waals surface area contributed by atoms with Crippen LogP contribution in [0.25, 0.3) is 0 Å². The second-order valence-corrected chi connectivity index (χ2v) is 8.88. The fourth-order valence-corrected chi connectivity index (χ4v) is 4.38. The highest BCUT2D eigenvalue weighted by Crippen LogP contribution is 2.20.